The van der Waals surface area contributed by atoms with Crippen molar-refractivity contribution in [2.75, 3.05) is 6.61 Å². The molecule has 0 spiro atoms. The van der Waals surface area contributed by atoms with Crippen LogP contribution >= 0.6 is 0 Å². The molecule has 2 rings (SSSR count). The van der Waals surface area contributed by atoms with Gasteiger partial charge in [-0.3, -0.25) is 14.3 Å². The molecule has 8 heteroatoms. The molecule has 1 saturated heterocycles. The zero-order valence-electron chi connectivity index (χ0n) is 10.3. The van der Waals surface area contributed by atoms with Gasteiger partial charge in [-0.1, -0.05) is 0 Å². The van der Waals surface area contributed by atoms with E-state index in [1.54, 1.807) is 6.92 Å². The Bertz CT molecular complexity index is 526. The second kappa shape index (κ2) is 6.57. The third kappa shape index (κ3) is 3.20. The number of ether oxygens (including phenoxy) is 1. The zero-order chi connectivity index (χ0) is 12.6. The largest absolute Gasteiger partial charge is 1.00 e. The molecule has 94 valence electrons. The van der Waals surface area contributed by atoms with Crippen LogP contribution in [0, 0.1) is 6.92 Å². The van der Waals surface area contributed by atoms with E-state index in [1.807, 2.05) is 0 Å². The van der Waals surface area contributed by atoms with Crippen LogP contribution in [0.4, 0.5) is 0 Å². The number of aromatic amines is 1. The smallest absolute Gasteiger partial charge is 0.853 e. The first-order valence-electron chi connectivity index (χ1n) is 5.26. The van der Waals surface area contributed by atoms with Gasteiger partial charge in [0.05, 0.1) is 12.2 Å². The van der Waals surface area contributed by atoms with Crippen molar-refractivity contribution in [2.24, 2.45) is 0 Å². The Morgan fingerprint density at radius 3 is 2.83 bits per heavy atom. The third-order valence-electron chi connectivity index (χ3n) is 2.82. The van der Waals surface area contributed by atoms with E-state index in [0.717, 1.165) is 0 Å². The maximum absolute atomic E-state index is 11.5. The monoisotopic (exact) mass is 280 g/mol. The van der Waals surface area contributed by atoms with Crippen LogP contribution in [0.3, 0.4) is 0 Å². The van der Waals surface area contributed by atoms with Gasteiger partial charge in [-0.25, -0.2) is 4.79 Å². The number of nitrogens with zero attached hydrogens (tertiary/aromatic N) is 1. The van der Waals surface area contributed by atoms with Gasteiger partial charge in [-0.15, -0.1) is 6.61 Å². The number of hydrogen-bond donors (Lipinski definition) is 2. The number of H-pyrrole nitrogens is 1. The molecule has 2 heterocycles. The molecule has 18 heavy (non-hydrogen) atoms. The van der Waals surface area contributed by atoms with E-state index in [-0.39, 0.29) is 57.8 Å². The van der Waals surface area contributed by atoms with Gasteiger partial charge in [0, 0.05) is 18.2 Å². The van der Waals surface area contributed by atoms with Crippen molar-refractivity contribution in [2.45, 2.75) is 31.8 Å². The van der Waals surface area contributed by atoms with E-state index in [4.69, 9.17) is 4.74 Å². The Kier molecular flexibility index (Phi) is 5.93. The number of nitrogens with one attached hydrogen (secondary N) is 1. The van der Waals surface area contributed by atoms with E-state index < -0.39 is 36.3 Å². The van der Waals surface area contributed by atoms with Gasteiger partial charge in [0.2, 0.25) is 0 Å². The predicted molar refractivity (Wildman–Crippen MR) is 55.5 cm³/mol. The van der Waals surface area contributed by atoms with Gasteiger partial charge in [-0.05, 0) is 6.92 Å². The van der Waals surface area contributed by atoms with Gasteiger partial charge in [-0.2, -0.15) is 0 Å². The summed E-state index contributed by atoms with van der Waals surface area (Å²) in [7, 11) is 0. The maximum Gasteiger partial charge on any atom is 1.00 e. The zero-order valence-corrected chi connectivity index (χ0v) is 13.4. The number of rotatable bonds is 2. The molecule has 1 aromatic rings. The van der Waals surface area contributed by atoms with Crippen molar-refractivity contribution in [1.29, 1.82) is 0 Å². The number of aryl methyl sites for hydroxylation is 1. The van der Waals surface area contributed by atoms with Crippen molar-refractivity contribution in [3.05, 3.63) is 32.6 Å². The average Bonchev–Trinajstić information content (AvgIpc) is 2.65. The standard InChI is InChI=1S/C10H13N2O5.K/c1-5-3-12(10(16)11-9(5)15)8-2-6(14)7(4-13)17-8;/h3,6-8,14H,2,4H2,1H3,(H,11,15,16);/q-1;+1/t6-,7+,8+;/m0./s1. The third-order valence-corrected chi connectivity index (χ3v) is 2.82. The summed E-state index contributed by atoms with van der Waals surface area (Å²) in [5.41, 5.74) is -0.692. The van der Waals surface area contributed by atoms with Crippen LogP contribution in [-0.2, 0) is 4.74 Å². The van der Waals surface area contributed by atoms with Gasteiger partial charge < -0.3 is 14.9 Å². The van der Waals surface area contributed by atoms with E-state index in [1.165, 1.54) is 10.8 Å². The van der Waals surface area contributed by atoms with Gasteiger partial charge in [0.1, 0.15) is 6.23 Å². The molecule has 0 amide bonds. The first kappa shape index (κ1) is 16.3. The van der Waals surface area contributed by atoms with Crippen molar-refractivity contribution >= 4 is 0 Å². The van der Waals surface area contributed by atoms with Crippen LogP contribution < -0.4 is 67.7 Å². The predicted octanol–water partition coefficient (Wildman–Crippen LogP) is -5.14. The van der Waals surface area contributed by atoms with Gasteiger partial charge in [0.25, 0.3) is 5.56 Å². The van der Waals surface area contributed by atoms with Crippen LogP contribution in [0.25, 0.3) is 0 Å². The second-order valence-corrected chi connectivity index (χ2v) is 4.08. The Morgan fingerprint density at radius 1 is 1.61 bits per heavy atom. The summed E-state index contributed by atoms with van der Waals surface area (Å²) in [6.07, 6.45) is -0.855. The quantitative estimate of drug-likeness (QED) is 0.527. The van der Waals surface area contributed by atoms with Crippen LogP contribution in [-0.4, -0.2) is 33.5 Å². The fourth-order valence-corrected chi connectivity index (χ4v) is 1.84. The summed E-state index contributed by atoms with van der Waals surface area (Å²) in [4.78, 5) is 24.9. The normalized spacial score (nSPS) is 26.9. The molecule has 1 aliphatic heterocycles. The number of aliphatic hydroxyl groups excluding tert-OH is 1. The summed E-state index contributed by atoms with van der Waals surface area (Å²) in [5.74, 6) is 0. The molecule has 1 fully saturated rings. The molecule has 7 nitrogen and oxygen atoms in total. The van der Waals surface area contributed by atoms with Crippen molar-refractivity contribution in [1.82, 2.24) is 9.55 Å². The molecule has 1 aromatic heterocycles. The van der Waals surface area contributed by atoms with Crippen LogP contribution in [0.5, 0.6) is 0 Å². The van der Waals surface area contributed by atoms with E-state index in [0.29, 0.717) is 5.56 Å². The number of aromatic nitrogens is 2. The molecule has 0 aromatic carbocycles. The van der Waals surface area contributed by atoms with Gasteiger partial charge >= 0.3 is 57.1 Å². The van der Waals surface area contributed by atoms with Crippen molar-refractivity contribution < 1.29 is 66.3 Å². The van der Waals surface area contributed by atoms with Gasteiger partial charge in [0.15, 0.2) is 0 Å². The summed E-state index contributed by atoms with van der Waals surface area (Å²) >= 11 is 0. The minimum absolute atomic E-state index is 0. The van der Waals surface area contributed by atoms with Crippen molar-refractivity contribution in [3.8, 4) is 0 Å². The summed E-state index contributed by atoms with van der Waals surface area (Å²) in [5, 5.41) is 20.2. The van der Waals surface area contributed by atoms with Crippen molar-refractivity contribution in [3.63, 3.8) is 0 Å². The Morgan fingerprint density at radius 2 is 2.28 bits per heavy atom. The molecule has 0 radical (unpaired) electrons. The molecule has 3 atom stereocenters. The van der Waals surface area contributed by atoms with Crippen LogP contribution in [0.2, 0.25) is 0 Å². The Balaban J connectivity index is 0.00000162. The maximum atomic E-state index is 11.5. The fourth-order valence-electron chi connectivity index (χ4n) is 1.84. The second-order valence-electron chi connectivity index (χ2n) is 4.08. The first-order valence-corrected chi connectivity index (χ1v) is 5.26. The summed E-state index contributed by atoms with van der Waals surface area (Å²) < 4.78 is 6.45. The van der Waals surface area contributed by atoms with Crippen LogP contribution in [0.15, 0.2) is 15.8 Å². The summed E-state index contributed by atoms with van der Waals surface area (Å²) in [6, 6.07) is 0. The molecular weight excluding hydrogens is 267 g/mol. The molecule has 0 bridgehead atoms. The molecule has 1 aliphatic rings. The SMILES string of the molecule is Cc1cn([C@H]2C[C@H](O)[C@@H](C[O-])O2)c(=O)[nH]c1=O.[K+]. The fraction of sp³-hybridized carbons (Fsp3) is 0.600. The minimum Gasteiger partial charge on any atom is -0.853 e. The Labute approximate surface area is 145 Å². The number of aliphatic hydroxyl groups is 1. The molecule has 2 N–H and O–H groups in total. The minimum atomic E-state index is -0.878. The first-order chi connectivity index (χ1) is 8.02. The number of hydrogen-bond acceptors (Lipinski definition) is 5. The van der Waals surface area contributed by atoms with E-state index in [9.17, 15) is 19.8 Å². The topological polar surface area (TPSA) is 107 Å². The van der Waals surface area contributed by atoms with E-state index >= 15 is 0 Å². The average molecular weight is 280 g/mol. The molecule has 0 aliphatic carbocycles. The Hall–Kier alpha value is 0.196. The molecule has 0 unspecified atom stereocenters. The van der Waals surface area contributed by atoms with Crippen LogP contribution in [0.1, 0.15) is 18.2 Å². The summed E-state index contributed by atoms with van der Waals surface area (Å²) in [6.45, 7) is 1.000. The van der Waals surface area contributed by atoms with E-state index in [2.05, 4.69) is 4.98 Å². The molecular formula is C10H13KN2O5. The molecule has 0 saturated carbocycles.